The maximum absolute atomic E-state index is 11.0. The highest BCUT2D eigenvalue weighted by atomic mass is 16.3. The molecule has 3 unspecified atom stereocenters. The van der Waals surface area contributed by atoms with E-state index in [4.69, 9.17) is 0 Å². The highest BCUT2D eigenvalue weighted by Gasteiger charge is 2.31. The van der Waals surface area contributed by atoms with Gasteiger partial charge in [-0.2, -0.15) is 0 Å². The third-order valence-corrected chi connectivity index (χ3v) is 5.48. The summed E-state index contributed by atoms with van der Waals surface area (Å²) >= 11 is 0. The molecular formula is C22H27NO2. The summed E-state index contributed by atoms with van der Waals surface area (Å²) in [5, 5.41) is 10.6. The first-order valence-corrected chi connectivity index (χ1v) is 9.17. The van der Waals surface area contributed by atoms with Crippen molar-refractivity contribution in [2.24, 2.45) is 0 Å². The number of aliphatic hydroxyl groups excluding tert-OH is 1. The Kier molecular flexibility index (Phi) is 6.00. The monoisotopic (exact) mass is 337 g/mol. The van der Waals surface area contributed by atoms with Gasteiger partial charge in [0.2, 0.25) is 0 Å². The molecule has 3 atom stereocenters. The number of likely N-dealkylation sites (tertiary alicyclic amines) is 1. The summed E-state index contributed by atoms with van der Waals surface area (Å²) in [4.78, 5) is 13.4. The van der Waals surface area contributed by atoms with Crippen molar-refractivity contribution in [1.82, 2.24) is 4.90 Å². The molecule has 1 heterocycles. The number of piperidine rings is 1. The molecule has 3 rings (SSSR count). The van der Waals surface area contributed by atoms with Gasteiger partial charge in [-0.15, -0.1) is 0 Å². The molecule has 0 aliphatic carbocycles. The second-order valence-corrected chi connectivity index (χ2v) is 7.00. The minimum Gasteiger partial charge on any atom is -0.388 e. The van der Waals surface area contributed by atoms with Crippen LogP contribution in [0.4, 0.5) is 0 Å². The molecule has 1 aliphatic heterocycles. The fourth-order valence-corrected chi connectivity index (χ4v) is 4.07. The lowest BCUT2D eigenvalue weighted by molar-refractivity contribution is -0.107. The first kappa shape index (κ1) is 17.8. The topological polar surface area (TPSA) is 40.5 Å². The average molecular weight is 337 g/mol. The van der Waals surface area contributed by atoms with Crippen LogP contribution in [0.5, 0.6) is 0 Å². The maximum Gasteiger partial charge on any atom is 0.124 e. The summed E-state index contributed by atoms with van der Waals surface area (Å²) in [6, 6.07) is 18.8. The number of nitrogens with zero attached hydrogens (tertiary/aromatic N) is 1. The van der Waals surface area contributed by atoms with Crippen molar-refractivity contribution >= 4 is 6.29 Å². The van der Waals surface area contributed by atoms with E-state index in [9.17, 15) is 9.90 Å². The molecule has 1 aliphatic rings. The van der Waals surface area contributed by atoms with Crippen molar-refractivity contribution in [2.75, 3.05) is 7.05 Å². The Balaban J connectivity index is 1.75. The highest BCUT2D eigenvalue weighted by Crippen LogP contribution is 2.37. The Morgan fingerprint density at radius 1 is 1.12 bits per heavy atom. The molecule has 1 N–H and O–H groups in total. The maximum atomic E-state index is 11.0. The molecule has 25 heavy (non-hydrogen) atoms. The molecule has 3 nitrogen and oxygen atoms in total. The Bertz CT molecular complexity index is 685. The fourth-order valence-electron chi connectivity index (χ4n) is 4.07. The number of aliphatic hydroxyl groups is 1. The summed E-state index contributed by atoms with van der Waals surface area (Å²) in [5.41, 5.74) is 3.37. The minimum atomic E-state index is -0.433. The summed E-state index contributed by atoms with van der Waals surface area (Å²) in [6.45, 7) is 0. The zero-order valence-electron chi connectivity index (χ0n) is 14.8. The number of rotatable bonds is 6. The average Bonchev–Trinajstić information content (AvgIpc) is 2.65. The number of hydrogen-bond acceptors (Lipinski definition) is 3. The van der Waals surface area contributed by atoms with E-state index in [1.165, 1.54) is 5.56 Å². The van der Waals surface area contributed by atoms with E-state index >= 15 is 0 Å². The van der Waals surface area contributed by atoms with Gasteiger partial charge >= 0.3 is 0 Å². The van der Waals surface area contributed by atoms with E-state index < -0.39 is 6.10 Å². The molecule has 0 amide bonds. The number of carbonyl (C=O) groups excluding carboxylic acids is 1. The van der Waals surface area contributed by atoms with Crippen molar-refractivity contribution in [1.29, 1.82) is 0 Å². The van der Waals surface area contributed by atoms with Crippen LogP contribution in [0.15, 0.2) is 54.6 Å². The zero-order valence-corrected chi connectivity index (χ0v) is 14.8. The van der Waals surface area contributed by atoms with E-state index in [2.05, 4.69) is 30.1 Å². The van der Waals surface area contributed by atoms with Crippen LogP contribution < -0.4 is 0 Å². The Labute approximate surface area is 150 Å². The van der Waals surface area contributed by atoms with E-state index in [0.717, 1.165) is 43.1 Å². The summed E-state index contributed by atoms with van der Waals surface area (Å²) in [6.07, 6.45) is 5.12. The van der Waals surface area contributed by atoms with Crippen molar-refractivity contribution in [2.45, 2.75) is 50.3 Å². The van der Waals surface area contributed by atoms with E-state index in [1.807, 2.05) is 36.4 Å². The van der Waals surface area contributed by atoms with Crippen LogP contribution >= 0.6 is 0 Å². The van der Waals surface area contributed by atoms with Crippen molar-refractivity contribution in [3.05, 3.63) is 71.3 Å². The molecule has 132 valence electrons. The second kappa shape index (κ2) is 8.41. The fraction of sp³-hybridized carbons (Fsp3) is 0.409. The van der Waals surface area contributed by atoms with Gasteiger partial charge in [-0.05, 0) is 49.4 Å². The van der Waals surface area contributed by atoms with Gasteiger partial charge in [0.05, 0.1) is 6.10 Å². The van der Waals surface area contributed by atoms with Gasteiger partial charge in [0, 0.05) is 18.5 Å². The van der Waals surface area contributed by atoms with Gasteiger partial charge in [0.25, 0.3) is 0 Å². The smallest absolute Gasteiger partial charge is 0.124 e. The zero-order chi connectivity index (χ0) is 17.6. The van der Waals surface area contributed by atoms with Gasteiger partial charge in [0.1, 0.15) is 6.29 Å². The molecule has 0 bridgehead atoms. The molecule has 0 saturated carbocycles. The molecule has 0 radical (unpaired) electrons. The van der Waals surface area contributed by atoms with E-state index in [-0.39, 0.29) is 0 Å². The minimum absolute atomic E-state index is 0.317. The molecule has 2 aromatic rings. The van der Waals surface area contributed by atoms with Crippen LogP contribution in [0.2, 0.25) is 0 Å². The van der Waals surface area contributed by atoms with Crippen LogP contribution in [-0.2, 0) is 11.2 Å². The molecular weight excluding hydrogens is 310 g/mol. The van der Waals surface area contributed by atoms with Crippen molar-refractivity contribution in [3.8, 4) is 0 Å². The van der Waals surface area contributed by atoms with Gasteiger partial charge in [-0.25, -0.2) is 0 Å². The van der Waals surface area contributed by atoms with Crippen LogP contribution in [0.3, 0.4) is 0 Å². The first-order valence-electron chi connectivity index (χ1n) is 9.17. The first-order chi connectivity index (χ1) is 12.2. The summed E-state index contributed by atoms with van der Waals surface area (Å²) in [7, 11) is 2.16. The lowest BCUT2D eigenvalue weighted by atomic mass is 9.86. The normalized spacial score (nSPS) is 22.5. The standard InChI is InChI=1S/C22H27NO2/c1-23-19(16-22(25)18-9-3-2-4-10-18)11-7-13-21(23)20-12-6-5-8-17(20)14-15-24/h2-6,8-10,12,15,19,21-22,25H,7,11,13-14,16H2,1H3. The molecule has 0 aromatic heterocycles. The van der Waals surface area contributed by atoms with Gasteiger partial charge < -0.3 is 9.90 Å². The van der Waals surface area contributed by atoms with Gasteiger partial charge in [-0.3, -0.25) is 4.90 Å². The summed E-state index contributed by atoms with van der Waals surface area (Å²) < 4.78 is 0. The molecule has 1 fully saturated rings. The number of benzene rings is 2. The highest BCUT2D eigenvalue weighted by molar-refractivity contribution is 5.56. The van der Waals surface area contributed by atoms with Crippen LogP contribution in [-0.4, -0.2) is 29.4 Å². The van der Waals surface area contributed by atoms with Gasteiger partial charge in [0.15, 0.2) is 0 Å². The molecule has 3 heteroatoms. The van der Waals surface area contributed by atoms with Gasteiger partial charge in [-0.1, -0.05) is 54.6 Å². The lowest BCUT2D eigenvalue weighted by Crippen LogP contribution is -2.40. The third kappa shape index (κ3) is 4.17. The Morgan fingerprint density at radius 2 is 1.84 bits per heavy atom. The second-order valence-electron chi connectivity index (χ2n) is 7.00. The number of carbonyl (C=O) groups is 1. The van der Waals surface area contributed by atoms with Crippen molar-refractivity contribution < 1.29 is 9.90 Å². The van der Waals surface area contributed by atoms with Crippen LogP contribution in [0, 0.1) is 0 Å². The Hall–Kier alpha value is -1.97. The van der Waals surface area contributed by atoms with Crippen LogP contribution in [0.25, 0.3) is 0 Å². The predicted octanol–water partition coefficient (Wildman–Crippen LogP) is 4.08. The third-order valence-electron chi connectivity index (χ3n) is 5.48. The quantitative estimate of drug-likeness (QED) is 0.808. The predicted molar refractivity (Wildman–Crippen MR) is 100 cm³/mol. The van der Waals surface area contributed by atoms with Crippen molar-refractivity contribution in [3.63, 3.8) is 0 Å². The van der Waals surface area contributed by atoms with Crippen LogP contribution in [0.1, 0.15) is 54.5 Å². The SMILES string of the molecule is CN1C(CC(O)c2ccccc2)CCCC1c1ccccc1CC=O. The van der Waals surface area contributed by atoms with E-state index in [0.29, 0.717) is 18.5 Å². The Morgan fingerprint density at radius 3 is 2.60 bits per heavy atom. The number of hydrogen-bond donors (Lipinski definition) is 1. The largest absolute Gasteiger partial charge is 0.388 e. The van der Waals surface area contributed by atoms with E-state index in [1.54, 1.807) is 0 Å². The molecule has 0 spiro atoms. The lowest BCUT2D eigenvalue weighted by Gasteiger charge is -2.41. The molecule has 1 saturated heterocycles. The number of aldehydes is 1. The summed E-state index contributed by atoms with van der Waals surface area (Å²) in [5.74, 6) is 0. The molecule has 2 aromatic carbocycles.